The first-order valence-corrected chi connectivity index (χ1v) is 21.7. The maximum absolute atomic E-state index is 14.3. The van der Waals surface area contributed by atoms with E-state index in [0.29, 0.717) is 6.42 Å². The lowest BCUT2D eigenvalue weighted by Crippen LogP contribution is -2.61. The predicted molar refractivity (Wildman–Crippen MR) is 225 cm³/mol. The zero-order valence-electron chi connectivity index (χ0n) is 38.8. The number of nitro groups is 1. The van der Waals surface area contributed by atoms with Crippen molar-refractivity contribution in [1.82, 2.24) is 4.90 Å². The molecule has 0 aliphatic carbocycles. The molecule has 0 spiro atoms. The summed E-state index contributed by atoms with van der Waals surface area (Å²) in [5.74, 6) is -6.89. The third kappa shape index (κ3) is 11.9. The summed E-state index contributed by atoms with van der Waals surface area (Å²) >= 11 is 0. The van der Waals surface area contributed by atoms with E-state index in [-0.39, 0.29) is 25.0 Å². The number of hydrogen-bond donors (Lipinski definition) is 4. The summed E-state index contributed by atoms with van der Waals surface area (Å²) in [5.41, 5.74) is -5.13. The van der Waals surface area contributed by atoms with Crippen LogP contribution in [-0.2, 0) is 47.5 Å². The quantitative estimate of drug-likeness (QED) is 0.107. The first kappa shape index (κ1) is 52.3. The fraction of sp³-hybridized carbons (Fsp3) is 0.795. The Labute approximate surface area is 369 Å². The molecule has 0 saturated carbocycles. The number of methoxy groups -OCH3 is 1. The van der Waals surface area contributed by atoms with Gasteiger partial charge in [-0.1, -0.05) is 27.7 Å². The minimum atomic E-state index is -2.06. The minimum absolute atomic E-state index is 0.0223. The van der Waals surface area contributed by atoms with Crippen LogP contribution in [0.5, 0.6) is 0 Å². The lowest BCUT2D eigenvalue weighted by molar-refractivity contribution is -0.402. The number of esters is 2. The van der Waals surface area contributed by atoms with E-state index in [4.69, 9.17) is 37.6 Å². The molecule has 4 N–H and O–H groups in total. The van der Waals surface area contributed by atoms with Crippen molar-refractivity contribution in [3.63, 3.8) is 0 Å². The number of Topliss-reactive ketones (excluding diaryl/α,β-unsaturated/α-hetero) is 1. The van der Waals surface area contributed by atoms with Crippen molar-refractivity contribution in [2.45, 2.75) is 179 Å². The molecule has 4 rings (SSSR count). The number of furan rings is 1. The number of hydrogen-bond acceptors (Lipinski definition) is 18. The highest BCUT2D eigenvalue weighted by molar-refractivity contribution is 5.87. The van der Waals surface area contributed by atoms with Gasteiger partial charge in [-0.15, -0.1) is 0 Å². The van der Waals surface area contributed by atoms with Gasteiger partial charge in [-0.25, -0.2) is 4.79 Å². The van der Waals surface area contributed by atoms with Crippen LogP contribution in [0.25, 0.3) is 6.08 Å². The number of ether oxygens (including phenoxy) is 7. The van der Waals surface area contributed by atoms with E-state index < -0.39 is 136 Å². The summed E-state index contributed by atoms with van der Waals surface area (Å²) < 4.78 is 48.9. The Morgan fingerprint density at radius 1 is 0.968 bits per heavy atom. The zero-order valence-corrected chi connectivity index (χ0v) is 38.8. The highest BCUT2D eigenvalue weighted by atomic mass is 16.7. The van der Waals surface area contributed by atoms with E-state index >= 15 is 0 Å². The van der Waals surface area contributed by atoms with Crippen LogP contribution in [0.4, 0.5) is 5.88 Å². The second kappa shape index (κ2) is 20.9. The van der Waals surface area contributed by atoms with Crippen LogP contribution in [0.2, 0.25) is 0 Å². The van der Waals surface area contributed by atoms with E-state index in [9.17, 15) is 44.9 Å². The Hall–Kier alpha value is -3.37. The summed E-state index contributed by atoms with van der Waals surface area (Å²) in [6.07, 6.45) is -8.86. The van der Waals surface area contributed by atoms with Crippen LogP contribution in [0.3, 0.4) is 0 Å². The lowest BCUT2D eigenvalue weighted by Gasteiger charge is -2.49. The van der Waals surface area contributed by atoms with Gasteiger partial charge in [0, 0.05) is 37.4 Å². The highest BCUT2D eigenvalue weighted by Gasteiger charge is 2.54. The summed E-state index contributed by atoms with van der Waals surface area (Å²) in [7, 11) is 5.03. The van der Waals surface area contributed by atoms with Gasteiger partial charge in [-0.3, -0.25) is 19.7 Å². The Morgan fingerprint density at radius 3 is 2.19 bits per heavy atom. The molecule has 3 fully saturated rings. The molecule has 19 nitrogen and oxygen atoms in total. The normalized spacial score (nSPS) is 42.5. The van der Waals surface area contributed by atoms with Gasteiger partial charge in [0.25, 0.3) is 0 Å². The molecule has 18 atom stereocenters. The molecule has 4 heterocycles. The molecule has 19 heteroatoms. The summed E-state index contributed by atoms with van der Waals surface area (Å²) in [6.45, 7) is 15.9. The van der Waals surface area contributed by atoms with Gasteiger partial charge >= 0.3 is 17.8 Å². The van der Waals surface area contributed by atoms with E-state index in [1.165, 1.54) is 40.0 Å². The Kier molecular flexibility index (Phi) is 17.3. The maximum atomic E-state index is 14.3. The van der Waals surface area contributed by atoms with Crippen LogP contribution >= 0.6 is 0 Å². The number of rotatable bonds is 11. The molecular formula is C44H70N2O17. The number of aliphatic hydroxyl groups excluding tert-OH is 2. The predicted octanol–water partition coefficient (Wildman–Crippen LogP) is 3.55. The standard InChI is InChI=1S/C44H70N2O17/c1-14-30-44(10,53)37(49)24(4)34(48)22(2)20-42(8,52)39(25(5)35(26(6)40(51)60-30)62-33-21-43(9,56-13)38(50)27(7)58-33)63-41-36(29(45(11)12)19-23(3)57-41)61-32(47)18-16-28-15-17-31(59-28)46(54)55/h15-18,22-27,29-30,33,35-39,41,49-50,52-53H,14,19-21H2,1-13H3. The monoisotopic (exact) mass is 898 g/mol. The molecule has 0 radical (unpaired) electrons. The molecule has 0 bridgehead atoms. The fourth-order valence-electron chi connectivity index (χ4n) is 9.37. The van der Waals surface area contributed by atoms with Gasteiger partial charge in [0.05, 0.1) is 59.7 Å². The topological polar surface area (TPSA) is 256 Å². The second-order valence-electron chi connectivity index (χ2n) is 18.6. The van der Waals surface area contributed by atoms with Crippen LogP contribution < -0.4 is 0 Å². The summed E-state index contributed by atoms with van der Waals surface area (Å²) in [4.78, 5) is 54.1. The van der Waals surface area contributed by atoms with Crippen LogP contribution in [0.1, 0.15) is 101 Å². The van der Waals surface area contributed by atoms with E-state index in [2.05, 4.69) is 0 Å². The first-order valence-electron chi connectivity index (χ1n) is 21.7. The minimum Gasteiger partial charge on any atom is -0.459 e. The van der Waals surface area contributed by atoms with Gasteiger partial charge in [0.15, 0.2) is 18.7 Å². The molecule has 1 aromatic heterocycles. The third-order valence-electron chi connectivity index (χ3n) is 13.2. The Balaban J connectivity index is 1.84. The summed E-state index contributed by atoms with van der Waals surface area (Å²) in [6, 6.07) is 1.97. The van der Waals surface area contributed by atoms with Crippen molar-refractivity contribution in [1.29, 1.82) is 0 Å². The number of aliphatic hydroxyl groups is 4. The number of ketones is 1. The second-order valence-corrected chi connectivity index (χ2v) is 18.6. The first-order chi connectivity index (χ1) is 29.2. The fourth-order valence-corrected chi connectivity index (χ4v) is 9.37. The average Bonchev–Trinajstić information content (AvgIpc) is 3.70. The number of likely N-dealkylation sites (N-methyl/N-ethyl adjacent to an activating group) is 1. The SMILES string of the molecule is CCC1OC(=O)C(C)C(OC2CC(C)(OC)C(O)C(C)O2)C(C)C(OC2OC(C)CC(N(C)C)C2OC(=O)C=Cc2ccc([N+](=O)[O-])o2)C(C)(O)CC(C)C(=O)C(C)C(O)C1(C)O. The maximum Gasteiger partial charge on any atom is 0.433 e. The van der Waals surface area contributed by atoms with Crippen molar-refractivity contribution in [3.05, 3.63) is 34.1 Å². The zero-order chi connectivity index (χ0) is 47.5. The van der Waals surface area contributed by atoms with Crippen molar-refractivity contribution < 1.29 is 77.3 Å². The van der Waals surface area contributed by atoms with Gasteiger partial charge in [-0.05, 0) is 87.0 Å². The molecule has 63 heavy (non-hydrogen) atoms. The molecule has 1 aromatic rings. The van der Waals surface area contributed by atoms with Crippen LogP contribution in [0, 0.1) is 33.8 Å². The van der Waals surface area contributed by atoms with Crippen molar-refractivity contribution >= 4 is 29.7 Å². The van der Waals surface area contributed by atoms with Gasteiger partial charge < -0.3 is 62.9 Å². The molecule has 0 aromatic carbocycles. The van der Waals surface area contributed by atoms with Gasteiger partial charge in [0.2, 0.25) is 0 Å². The smallest absolute Gasteiger partial charge is 0.433 e. The van der Waals surface area contributed by atoms with Gasteiger partial charge in [0.1, 0.15) is 34.3 Å². The highest BCUT2D eigenvalue weighted by Crippen LogP contribution is 2.41. The Bertz CT molecular complexity index is 1760. The van der Waals surface area contributed by atoms with E-state index in [1.807, 2.05) is 11.8 Å². The molecule has 3 aliphatic rings. The van der Waals surface area contributed by atoms with Crippen molar-refractivity contribution in [3.8, 4) is 0 Å². The van der Waals surface area contributed by atoms with Crippen LogP contribution in [0.15, 0.2) is 22.6 Å². The lowest BCUT2D eigenvalue weighted by atomic mass is 9.74. The molecule has 358 valence electrons. The molecule has 0 amide bonds. The largest absolute Gasteiger partial charge is 0.459 e. The average molecular weight is 899 g/mol. The van der Waals surface area contributed by atoms with Crippen molar-refractivity contribution in [2.75, 3.05) is 21.2 Å². The Morgan fingerprint density at radius 2 is 1.62 bits per heavy atom. The van der Waals surface area contributed by atoms with Gasteiger partial charge in [-0.2, -0.15) is 0 Å². The molecule has 3 aliphatic heterocycles. The van der Waals surface area contributed by atoms with Crippen LogP contribution in [-0.4, -0.2) is 153 Å². The number of cyclic esters (lactones) is 1. The van der Waals surface area contributed by atoms with E-state index in [1.54, 1.807) is 55.6 Å². The third-order valence-corrected chi connectivity index (χ3v) is 13.2. The number of carbonyl (C=O) groups excluding carboxylic acids is 3. The molecule has 18 unspecified atom stereocenters. The van der Waals surface area contributed by atoms with E-state index in [0.717, 1.165) is 12.1 Å². The number of nitrogens with zero attached hydrogens (tertiary/aromatic N) is 2. The molecule has 3 saturated heterocycles. The number of carbonyl (C=O) groups is 3. The molecular weight excluding hydrogens is 828 g/mol. The van der Waals surface area contributed by atoms with Crippen molar-refractivity contribution in [2.24, 2.45) is 23.7 Å². The summed E-state index contributed by atoms with van der Waals surface area (Å²) in [5, 5.41) is 58.0.